The summed E-state index contributed by atoms with van der Waals surface area (Å²) < 4.78 is 12.9. The topological polar surface area (TPSA) is 15.3 Å². The van der Waals surface area contributed by atoms with Crippen LogP contribution in [0.15, 0.2) is 24.3 Å². The molecule has 1 saturated heterocycles. The summed E-state index contributed by atoms with van der Waals surface area (Å²) in [6.45, 7) is 5.34. The van der Waals surface area contributed by atoms with Crippen molar-refractivity contribution in [2.75, 3.05) is 20.1 Å². The Morgan fingerprint density at radius 1 is 1.32 bits per heavy atom. The molecule has 106 valence electrons. The maximum Gasteiger partial charge on any atom is 0.123 e. The van der Waals surface area contributed by atoms with Crippen molar-refractivity contribution in [3.05, 3.63) is 35.6 Å². The molecule has 1 atom stereocenters. The molecular formula is C16H25FN2. The van der Waals surface area contributed by atoms with Gasteiger partial charge in [0, 0.05) is 18.6 Å². The number of halogens is 1. The molecule has 0 saturated carbocycles. The summed E-state index contributed by atoms with van der Waals surface area (Å²) in [5, 5.41) is 3.70. The van der Waals surface area contributed by atoms with Gasteiger partial charge in [0.1, 0.15) is 5.82 Å². The molecule has 2 rings (SSSR count). The number of benzene rings is 1. The van der Waals surface area contributed by atoms with Crippen LogP contribution in [0.3, 0.4) is 0 Å². The van der Waals surface area contributed by atoms with Gasteiger partial charge in [0.2, 0.25) is 0 Å². The molecule has 0 bridgehead atoms. The molecule has 0 amide bonds. The van der Waals surface area contributed by atoms with Gasteiger partial charge in [0.15, 0.2) is 0 Å². The fourth-order valence-electron chi connectivity index (χ4n) is 3.25. The lowest BCUT2D eigenvalue weighted by atomic mass is 9.91. The number of rotatable bonds is 6. The third-order valence-corrected chi connectivity index (χ3v) is 4.00. The van der Waals surface area contributed by atoms with E-state index in [4.69, 9.17) is 0 Å². The van der Waals surface area contributed by atoms with Crippen molar-refractivity contribution in [2.45, 2.75) is 44.7 Å². The summed E-state index contributed by atoms with van der Waals surface area (Å²) >= 11 is 0. The Labute approximate surface area is 116 Å². The summed E-state index contributed by atoms with van der Waals surface area (Å²) in [4.78, 5) is 2.35. The predicted molar refractivity (Wildman–Crippen MR) is 77.6 cm³/mol. The standard InChI is InChI=1S/C16H25FN2/c1-3-9-16(10-4-11-18-16)13-19(2)12-14-5-7-15(17)8-6-14/h5-8,18H,3-4,9-13H2,1-2H3. The van der Waals surface area contributed by atoms with Crippen molar-refractivity contribution < 1.29 is 4.39 Å². The lowest BCUT2D eigenvalue weighted by molar-refractivity contribution is 0.207. The molecule has 1 aliphatic heterocycles. The molecule has 0 radical (unpaired) electrons. The minimum atomic E-state index is -0.161. The van der Waals surface area contributed by atoms with Gasteiger partial charge in [-0.1, -0.05) is 25.5 Å². The third kappa shape index (κ3) is 4.02. The summed E-state index contributed by atoms with van der Waals surface area (Å²) in [5.74, 6) is -0.161. The second-order valence-electron chi connectivity index (χ2n) is 5.86. The quantitative estimate of drug-likeness (QED) is 0.849. The summed E-state index contributed by atoms with van der Waals surface area (Å²) in [6.07, 6.45) is 5.01. The van der Waals surface area contributed by atoms with E-state index in [0.29, 0.717) is 5.54 Å². The Morgan fingerprint density at radius 2 is 2.05 bits per heavy atom. The zero-order valence-electron chi connectivity index (χ0n) is 12.1. The van der Waals surface area contributed by atoms with Crippen LogP contribution in [0.1, 0.15) is 38.2 Å². The van der Waals surface area contributed by atoms with Crippen LogP contribution in [0.5, 0.6) is 0 Å². The van der Waals surface area contributed by atoms with Gasteiger partial charge in [-0.05, 0) is 50.6 Å². The van der Waals surface area contributed by atoms with Crippen molar-refractivity contribution in [3.63, 3.8) is 0 Å². The molecular weight excluding hydrogens is 239 g/mol. The first-order valence-electron chi connectivity index (χ1n) is 7.31. The van der Waals surface area contributed by atoms with Crippen LogP contribution in [0.25, 0.3) is 0 Å². The highest BCUT2D eigenvalue weighted by Gasteiger charge is 2.33. The molecule has 1 aromatic rings. The van der Waals surface area contributed by atoms with Gasteiger partial charge < -0.3 is 10.2 Å². The zero-order valence-corrected chi connectivity index (χ0v) is 12.1. The Hall–Kier alpha value is -0.930. The molecule has 1 aliphatic rings. The normalized spacial score (nSPS) is 23.2. The maximum atomic E-state index is 12.9. The first kappa shape index (κ1) is 14.5. The number of hydrogen-bond acceptors (Lipinski definition) is 2. The van der Waals surface area contributed by atoms with Gasteiger partial charge in [-0.25, -0.2) is 4.39 Å². The van der Waals surface area contributed by atoms with Gasteiger partial charge in [-0.3, -0.25) is 0 Å². The molecule has 19 heavy (non-hydrogen) atoms. The van der Waals surface area contributed by atoms with Crippen molar-refractivity contribution in [1.29, 1.82) is 0 Å². The number of hydrogen-bond donors (Lipinski definition) is 1. The highest BCUT2D eigenvalue weighted by Crippen LogP contribution is 2.26. The highest BCUT2D eigenvalue weighted by molar-refractivity contribution is 5.16. The van der Waals surface area contributed by atoms with Crippen molar-refractivity contribution in [3.8, 4) is 0 Å². The van der Waals surface area contributed by atoms with E-state index in [1.165, 1.54) is 31.2 Å². The van der Waals surface area contributed by atoms with Gasteiger partial charge in [-0.15, -0.1) is 0 Å². The van der Waals surface area contributed by atoms with E-state index in [9.17, 15) is 4.39 Å². The summed E-state index contributed by atoms with van der Waals surface area (Å²) in [6, 6.07) is 6.83. The van der Waals surface area contributed by atoms with E-state index < -0.39 is 0 Å². The van der Waals surface area contributed by atoms with Crippen LogP contribution in [0.4, 0.5) is 4.39 Å². The second kappa shape index (κ2) is 6.49. The van der Waals surface area contributed by atoms with Crippen LogP contribution in [-0.2, 0) is 6.54 Å². The predicted octanol–water partition coefficient (Wildman–Crippen LogP) is 3.18. The molecule has 1 heterocycles. The molecule has 2 nitrogen and oxygen atoms in total. The Kier molecular flexibility index (Phi) is 4.94. The minimum Gasteiger partial charge on any atom is -0.310 e. The lowest BCUT2D eigenvalue weighted by Crippen LogP contribution is -2.48. The van der Waals surface area contributed by atoms with E-state index in [1.54, 1.807) is 12.1 Å². The zero-order chi connectivity index (χ0) is 13.7. The fraction of sp³-hybridized carbons (Fsp3) is 0.625. The van der Waals surface area contributed by atoms with E-state index in [2.05, 4.69) is 24.2 Å². The van der Waals surface area contributed by atoms with Crippen molar-refractivity contribution in [2.24, 2.45) is 0 Å². The van der Waals surface area contributed by atoms with Crippen molar-refractivity contribution in [1.82, 2.24) is 10.2 Å². The van der Waals surface area contributed by atoms with Crippen LogP contribution >= 0.6 is 0 Å². The molecule has 0 aliphatic carbocycles. The van der Waals surface area contributed by atoms with Crippen LogP contribution in [0.2, 0.25) is 0 Å². The van der Waals surface area contributed by atoms with Gasteiger partial charge >= 0.3 is 0 Å². The monoisotopic (exact) mass is 264 g/mol. The van der Waals surface area contributed by atoms with Crippen LogP contribution in [0, 0.1) is 5.82 Å². The van der Waals surface area contributed by atoms with Crippen LogP contribution in [-0.4, -0.2) is 30.6 Å². The van der Waals surface area contributed by atoms with E-state index in [-0.39, 0.29) is 5.82 Å². The largest absolute Gasteiger partial charge is 0.310 e. The molecule has 1 fully saturated rings. The molecule has 1 N–H and O–H groups in total. The van der Waals surface area contributed by atoms with Crippen LogP contribution < -0.4 is 5.32 Å². The minimum absolute atomic E-state index is 0.161. The Morgan fingerprint density at radius 3 is 2.63 bits per heavy atom. The van der Waals surface area contributed by atoms with E-state index in [1.807, 2.05) is 12.1 Å². The Balaban J connectivity index is 1.92. The number of nitrogens with zero attached hydrogens (tertiary/aromatic N) is 1. The number of nitrogens with one attached hydrogen (secondary N) is 1. The first-order chi connectivity index (χ1) is 9.13. The van der Waals surface area contributed by atoms with Crippen molar-refractivity contribution >= 4 is 0 Å². The smallest absolute Gasteiger partial charge is 0.123 e. The van der Waals surface area contributed by atoms with E-state index >= 15 is 0 Å². The average molecular weight is 264 g/mol. The fourth-order valence-corrected chi connectivity index (χ4v) is 3.25. The third-order valence-electron chi connectivity index (χ3n) is 4.00. The Bertz CT molecular complexity index is 382. The highest BCUT2D eigenvalue weighted by atomic mass is 19.1. The molecule has 3 heteroatoms. The van der Waals surface area contributed by atoms with Gasteiger partial charge in [0.05, 0.1) is 0 Å². The molecule has 0 spiro atoms. The summed E-state index contributed by atoms with van der Waals surface area (Å²) in [5.41, 5.74) is 1.47. The molecule has 0 aromatic heterocycles. The SMILES string of the molecule is CCCC1(CN(C)Cc2ccc(F)cc2)CCCN1. The number of likely N-dealkylation sites (N-methyl/N-ethyl adjacent to an activating group) is 1. The van der Waals surface area contributed by atoms with Gasteiger partial charge in [-0.2, -0.15) is 0 Å². The lowest BCUT2D eigenvalue weighted by Gasteiger charge is -2.34. The first-order valence-corrected chi connectivity index (χ1v) is 7.31. The van der Waals surface area contributed by atoms with E-state index in [0.717, 1.165) is 19.6 Å². The maximum absolute atomic E-state index is 12.9. The molecule has 1 unspecified atom stereocenters. The molecule has 1 aromatic carbocycles. The summed E-state index contributed by atoms with van der Waals surface area (Å²) in [7, 11) is 2.15. The second-order valence-corrected chi connectivity index (χ2v) is 5.86. The van der Waals surface area contributed by atoms with Gasteiger partial charge in [0.25, 0.3) is 0 Å². The average Bonchev–Trinajstić information content (AvgIpc) is 2.81.